The Morgan fingerprint density at radius 3 is 2.68 bits per heavy atom. The maximum atomic E-state index is 12.6. The third-order valence-electron chi connectivity index (χ3n) is 4.00. The first-order valence-corrected chi connectivity index (χ1v) is 8.32. The second-order valence-electron chi connectivity index (χ2n) is 5.63. The number of rotatable bonds is 5. The molecule has 0 radical (unpaired) electrons. The summed E-state index contributed by atoms with van der Waals surface area (Å²) in [6, 6.07) is 7.48. The predicted octanol–water partition coefficient (Wildman–Crippen LogP) is 1.97. The van der Waals surface area contributed by atoms with E-state index in [0.717, 1.165) is 29.4 Å². The Morgan fingerprint density at radius 2 is 2.09 bits per heavy atom. The Labute approximate surface area is 139 Å². The fourth-order valence-electron chi connectivity index (χ4n) is 2.89. The molecule has 2 rings (SSSR count). The van der Waals surface area contributed by atoms with Gasteiger partial charge in [-0.05, 0) is 30.5 Å². The topological polar surface area (TPSA) is 75.4 Å². The molecule has 1 fully saturated rings. The van der Waals surface area contributed by atoms with E-state index < -0.39 is 0 Å². The molecule has 0 spiro atoms. The molecule has 0 unspecified atom stereocenters. The van der Waals surface area contributed by atoms with Gasteiger partial charge in [-0.3, -0.25) is 9.59 Å². The number of hydrogen-bond acceptors (Lipinski definition) is 3. The van der Waals surface area contributed by atoms with Crippen LogP contribution in [0.25, 0.3) is 0 Å². The molecule has 6 heteroatoms. The molecule has 1 saturated heterocycles. The van der Waals surface area contributed by atoms with E-state index >= 15 is 0 Å². The largest absolute Gasteiger partial charge is 0.349 e. The SMILES string of the molecule is CC(=O)N[C@@H](CC(=O)N1CCC[C@@H]1CN)c1ccc(Br)cc1. The first-order chi connectivity index (χ1) is 10.5. The number of benzene rings is 1. The van der Waals surface area contributed by atoms with Crippen molar-refractivity contribution in [3.05, 3.63) is 34.3 Å². The van der Waals surface area contributed by atoms with Crippen molar-refractivity contribution in [1.29, 1.82) is 0 Å². The van der Waals surface area contributed by atoms with Crippen LogP contribution in [-0.4, -0.2) is 35.8 Å². The van der Waals surface area contributed by atoms with Crippen LogP contribution in [0.3, 0.4) is 0 Å². The number of carbonyl (C=O) groups is 2. The minimum Gasteiger partial charge on any atom is -0.349 e. The molecular weight excluding hydrogens is 346 g/mol. The van der Waals surface area contributed by atoms with Gasteiger partial charge >= 0.3 is 0 Å². The molecule has 1 heterocycles. The standard InChI is InChI=1S/C16H22BrN3O2/c1-11(21)19-15(12-4-6-13(17)7-5-12)9-16(22)20-8-2-3-14(20)10-18/h4-7,14-15H,2-3,8-10,18H2,1H3,(H,19,21)/t14-,15+/m1/s1. The van der Waals surface area contributed by atoms with Crippen molar-refractivity contribution in [3.63, 3.8) is 0 Å². The van der Waals surface area contributed by atoms with Crippen LogP contribution >= 0.6 is 15.9 Å². The van der Waals surface area contributed by atoms with Crippen LogP contribution in [0, 0.1) is 0 Å². The second kappa shape index (κ2) is 7.74. The second-order valence-corrected chi connectivity index (χ2v) is 6.54. The lowest BCUT2D eigenvalue weighted by molar-refractivity contribution is -0.132. The van der Waals surface area contributed by atoms with Crippen molar-refractivity contribution in [2.45, 2.75) is 38.3 Å². The van der Waals surface area contributed by atoms with Crippen molar-refractivity contribution in [2.75, 3.05) is 13.1 Å². The first kappa shape index (κ1) is 17.0. The molecule has 0 aliphatic carbocycles. The average molecular weight is 368 g/mol. The molecule has 3 N–H and O–H groups in total. The van der Waals surface area contributed by atoms with Crippen LogP contribution in [0.15, 0.2) is 28.7 Å². The highest BCUT2D eigenvalue weighted by molar-refractivity contribution is 9.10. The van der Waals surface area contributed by atoms with Crippen LogP contribution in [0.1, 0.15) is 37.8 Å². The molecule has 1 aromatic rings. The molecule has 5 nitrogen and oxygen atoms in total. The average Bonchev–Trinajstić information content (AvgIpc) is 2.95. The number of nitrogens with two attached hydrogens (primary N) is 1. The number of amides is 2. The van der Waals surface area contributed by atoms with Gasteiger partial charge in [-0.15, -0.1) is 0 Å². The van der Waals surface area contributed by atoms with E-state index in [0.29, 0.717) is 6.54 Å². The van der Waals surface area contributed by atoms with Crippen molar-refractivity contribution < 1.29 is 9.59 Å². The lowest BCUT2D eigenvalue weighted by atomic mass is 10.0. The van der Waals surface area contributed by atoms with E-state index in [1.54, 1.807) is 0 Å². The van der Waals surface area contributed by atoms with Gasteiger partial charge in [0.1, 0.15) is 0 Å². The van der Waals surface area contributed by atoms with Crippen LogP contribution < -0.4 is 11.1 Å². The van der Waals surface area contributed by atoms with Crippen LogP contribution in [0.2, 0.25) is 0 Å². The van der Waals surface area contributed by atoms with E-state index in [-0.39, 0.29) is 30.3 Å². The van der Waals surface area contributed by atoms with Gasteiger partial charge in [-0.2, -0.15) is 0 Å². The summed E-state index contributed by atoms with van der Waals surface area (Å²) in [6.07, 6.45) is 2.22. The third-order valence-corrected chi connectivity index (χ3v) is 4.53. The molecular formula is C16H22BrN3O2. The van der Waals surface area contributed by atoms with Crippen molar-refractivity contribution >= 4 is 27.7 Å². The lowest BCUT2D eigenvalue weighted by Gasteiger charge is -2.26. The van der Waals surface area contributed by atoms with E-state index in [2.05, 4.69) is 21.2 Å². The Kier molecular flexibility index (Phi) is 5.97. The molecule has 0 aromatic heterocycles. The minimum absolute atomic E-state index is 0.0506. The molecule has 120 valence electrons. The van der Waals surface area contributed by atoms with Gasteiger partial charge in [0, 0.05) is 30.5 Å². The summed E-state index contributed by atoms with van der Waals surface area (Å²) in [4.78, 5) is 25.9. The molecule has 2 atom stereocenters. The van der Waals surface area contributed by atoms with Crippen molar-refractivity contribution in [3.8, 4) is 0 Å². The summed E-state index contributed by atoms with van der Waals surface area (Å²) in [5.41, 5.74) is 6.66. The molecule has 0 bridgehead atoms. The highest BCUT2D eigenvalue weighted by atomic mass is 79.9. The Bertz CT molecular complexity index is 533. The maximum Gasteiger partial charge on any atom is 0.225 e. The fraction of sp³-hybridized carbons (Fsp3) is 0.500. The van der Waals surface area contributed by atoms with Gasteiger partial charge in [0.2, 0.25) is 11.8 Å². The van der Waals surface area contributed by atoms with Crippen LogP contribution in [0.5, 0.6) is 0 Å². The van der Waals surface area contributed by atoms with Crippen molar-refractivity contribution in [2.24, 2.45) is 5.73 Å². The molecule has 0 saturated carbocycles. The number of hydrogen-bond donors (Lipinski definition) is 2. The van der Waals surface area contributed by atoms with Crippen LogP contribution in [0.4, 0.5) is 0 Å². The summed E-state index contributed by atoms with van der Waals surface area (Å²) < 4.78 is 0.965. The summed E-state index contributed by atoms with van der Waals surface area (Å²) in [7, 11) is 0. The van der Waals surface area contributed by atoms with Gasteiger partial charge in [0.05, 0.1) is 12.5 Å². The third kappa shape index (κ3) is 4.30. The van der Waals surface area contributed by atoms with E-state index in [1.807, 2.05) is 29.2 Å². The summed E-state index contributed by atoms with van der Waals surface area (Å²) in [6.45, 7) is 2.72. The zero-order valence-electron chi connectivity index (χ0n) is 12.7. The lowest BCUT2D eigenvalue weighted by Crippen LogP contribution is -2.41. The number of carbonyl (C=O) groups excluding carboxylic acids is 2. The number of likely N-dealkylation sites (tertiary alicyclic amines) is 1. The minimum atomic E-state index is -0.308. The van der Waals surface area contributed by atoms with E-state index in [1.165, 1.54) is 6.92 Å². The summed E-state index contributed by atoms with van der Waals surface area (Å²) in [5.74, 6) is -0.0906. The molecule has 1 aromatic carbocycles. The van der Waals surface area contributed by atoms with Crippen LogP contribution in [-0.2, 0) is 9.59 Å². The molecule has 22 heavy (non-hydrogen) atoms. The van der Waals surface area contributed by atoms with Gasteiger partial charge in [-0.1, -0.05) is 28.1 Å². The Hall–Kier alpha value is -1.40. The number of nitrogens with zero attached hydrogens (tertiary/aromatic N) is 1. The highest BCUT2D eigenvalue weighted by Crippen LogP contribution is 2.23. The maximum absolute atomic E-state index is 12.6. The molecule has 1 aliphatic heterocycles. The van der Waals surface area contributed by atoms with Gasteiger partial charge < -0.3 is 16.0 Å². The van der Waals surface area contributed by atoms with E-state index in [4.69, 9.17) is 5.73 Å². The normalized spacial score (nSPS) is 19.0. The fourth-order valence-corrected chi connectivity index (χ4v) is 3.16. The quantitative estimate of drug-likeness (QED) is 0.835. The molecule has 2 amide bonds. The van der Waals surface area contributed by atoms with Gasteiger partial charge in [0.15, 0.2) is 0 Å². The number of nitrogens with one attached hydrogen (secondary N) is 1. The van der Waals surface area contributed by atoms with Gasteiger partial charge in [0.25, 0.3) is 0 Å². The Morgan fingerprint density at radius 1 is 1.41 bits per heavy atom. The molecule has 1 aliphatic rings. The Balaban J connectivity index is 2.10. The zero-order valence-corrected chi connectivity index (χ0v) is 14.3. The zero-order chi connectivity index (χ0) is 16.1. The van der Waals surface area contributed by atoms with E-state index in [9.17, 15) is 9.59 Å². The number of halogens is 1. The summed E-state index contributed by atoms with van der Waals surface area (Å²) in [5, 5.41) is 2.87. The highest BCUT2D eigenvalue weighted by Gasteiger charge is 2.29. The van der Waals surface area contributed by atoms with Gasteiger partial charge in [-0.25, -0.2) is 0 Å². The first-order valence-electron chi connectivity index (χ1n) is 7.53. The predicted molar refractivity (Wildman–Crippen MR) is 89.1 cm³/mol. The monoisotopic (exact) mass is 367 g/mol. The summed E-state index contributed by atoms with van der Waals surface area (Å²) >= 11 is 3.39. The smallest absolute Gasteiger partial charge is 0.225 e. The van der Waals surface area contributed by atoms with Crippen molar-refractivity contribution in [1.82, 2.24) is 10.2 Å².